The third kappa shape index (κ3) is 5.44. The Morgan fingerprint density at radius 3 is 2.33 bits per heavy atom. The van der Waals surface area contributed by atoms with Gasteiger partial charge in [0.15, 0.2) is 0 Å². The summed E-state index contributed by atoms with van der Waals surface area (Å²) in [6.07, 6.45) is 6.60. The van der Waals surface area contributed by atoms with Crippen LogP contribution in [0.1, 0.15) is 69.9 Å². The summed E-state index contributed by atoms with van der Waals surface area (Å²) in [5.74, 6) is 0.603. The van der Waals surface area contributed by atoms with E-state index < -0.39 is 0 Å². The number of nitrogens with one attached hydrogen (secondary N) is 1. The second-order valence-corrected chi connectivity index (χ2v) is 6.64. The van der Waals surface area contributed by atoms with E-state index in [2.05, 4.69) is 50.4 Å². The maximum atomic E-state index is 6.09. The van der Waals surface area contributed by atoms with Crippen LogP contribution in [0.4, 0.5) is 0 Å². The molecule has 1 aromatic rings. The molecule has 0 bridgehead atoms. The van der Waals surface area contributed by atoms with E-state index in [1.54, 1.807) is 0 Å². The van der Waals surface area contributed by atoms with Gasteiger partial charge < -0.3 is 10.1 Å². The number of rotatable bonds is 7. The third-order valence-corrected chi connectivity index (χ3v) is 4.49. The Hall–Kier alpha value is -0.860. The predicted octanol–water partition coefficient (Wildman–Crippen LogP) is 4.64. The molecule has 0 saturated heterocycles. The van der Waals surface area contributed by atoms with Crippen LogP contribution in [-0.2, 0) is 11.3 Å². The lowest BCUT2D eigenvalue weighted by Crippen LogP contribution is -2.35. The van der Waals surface area contributed by atoms with Crippen LogP contribution in [0.3, 0.4) is 0 Å². The molecule has 1 fully saturated rings. The van der Waals surface area contributed by atoms with Crippen molar-refractivity contribution in [2.45, 2.75) is 77.5 Å². The zero-order chi connectivity index (χ0) is 15.1. The zero-order valence-corrected chi connectivity index (χ0v) is 13.9. The van der Waals surface area contributed by atoms with E-state index in [0.29, 0.717) is 12.0 Å². The summed E-state index contributed by atoms with van der Waals surface area (Å²) in [6, 6.07) is 9.60. The van der Waals surface area contributed by atoms with Crippen molar-refractivity contribution in [3.05, 3.63) is 35.4 Å². The van der Waals surface area contributed by atoms with Crippen LogP contribution < -0.4 is 5.32 Å². The van der Waals surface area contributed by atoms with E-state index in [4.69, 9.17) is 4.74 Å². The van der Waals surface area contributed by atoms with Crippen molar-refractivity contribution in [3.63, 3.8) is 0 Å². The normalized spacial score (nSPS) is 22.7. The molecule has 2 rings (SSSR count). The van der Waals surface area contributed by atoms with Crippen molar-refractivity contribution >= 4 is 0 Å². The van der Waals surface area contributed by atoms with Crippen molar-refractivity contribution in [1.82, 2.24) is 5.32 Å². The van der Waals surface area contributed by atoms with Crippen molar-refractivity contribution in [3.8, 4) is 0 Å². The SMILES string of the molecule is CCCNC1CCC(OCc2ccc(C(C)C)cc2)CC1. The Bertz CT molecular complexity index is 391. The minimum atomic E-state index is 0.453. The molecule has 0 heterocycles. The lowest BCUT2D eigenvalue weighted by Gasteiger charge is -2.29. The summed E-state index contributed by atoms with van der Waals surface area (Å²) in [5.41, 5.74) is 2.70. The van der Waals surface area contributed by atoms with Crippen LogP contribution in [0.25, 0.3) is 0 Å². The van der Waals surface area contributed by atoms with Gasteiger partial charge in [0, 0.05) is 6.04 Å². The van der Waals surface area contributed by atoms with Gasteiger partial charge in [-0.2, -0.15) is 0 Å². The van der Waals surface area contributed by atoms with E-state index in [1.165, 1.54) is 43.2 Å². The molecule has 1 N–H and O–H groups in total. The summed E-state index contributed by atoms with van der Waals surface area (Å²) in [7, 11) is 0. The van der Waals surface area contributed by atoms with Crippen LogP contribution in [0.5, 0.6) is 0 Å². The summed E-state index contributed by atoms with van der Waals surface area (Å²) >= 11 is 0. The Kier molecular flexibility index (Phi) is 6.72. The summed E-state index contributed by atoms with van der Waals surface area (Å²) in [6.45, 7) is 8.61. The topological polar surface area (TPSA) is 21.3 Å². The van der Waals surface area contributed by atoms with Crippen molar-refractivity contribution in [2.75, 3.05) is 6.54 Å². The Labute approximate surface area is 130 Å². The summed E-state index contributed by atoms with van der Waals surface area (Å²) < 4.78 is 6.09. The lowest BCUT2D eigenvalue weighted by molar-refractivity contribution is 0.0113. The van der Waals surface area contributed by atoms with Gasteiger partial charge in [-0.25, -0.2) is 0 Å². The van der Waals surface area contributed by atoms with E-state index in [1.807, 2.05) is 0 Å². The summed E-state index contributed by atoms with van der Waals surface area (Å²) in [5, 5.41) is 3.63. The van der Waals surface area contributed by atoms with E-state index in [9.17, 15) is 0 Å². The molecule has 0 radical (unpaired) electrons. The highest BCUT2D eigenvalue weighted by Crippen LogP contribution is 2.23. The molecule has 1 aliphatic carbocycles. The van der Waals surface area contributed by atoms with Gasteiger partial charge in [-0.3, -0.25) is 0 Å². The Balaban J connectivity index is 1.69. The molecular weight excluding hydrogens is 258 g/mol. The highest BCUT2D eigenvalue weighted by molar-refractivity contribution is 5.24. The minimum absolute atomic E-state index is 0.453. The molecule has 0 aromatic heterocycles. The molecule has 21 heavy (non-hydrogen) atoms. The van der Waals surface area contributed by atoms with Gasteiger partial charge in [0.1, 0.15) is 0 Å². The predicted molar refractivity (Wildman–Crippen MR) is 89.7 cm³/mol. The Morgan fingerprint density at radius 2 is 1.76 bits per heavy atom. The van der Waals surface area contributed by atoms with E-state index in [0.717, 1.165) is 19.2 Å². The molecule has 118 valence electrons. The van der Waals surface area contributed by atoms with Crippen molar-refractivity contribution < 1.29 is 4.74 Å². The van der Waals surface area contributed by atoms with Crippen molar-refractivity contribution in [1.29, 1.82) is 0 Å². The molecule has 0 unspecified atom stereocenters. The van der Waals surface area contributed by atoms with Crippen LogP contribution in [-0.4, -0.2) is 18.7 Å². The highest BCUT2D eigenvalue weighted by Gasteiger charge is 2.20. The molecule has 0 amide bonds. The van der Waals surface area contributed by atoms with Crippen LogP contribution in [0.2, 0.25) is 0 Å². The van der Waals surface area contributed by atoms with E-state index in [-0.39, 0.29) is 0 Å². The quantitative estimate of drug-likeness (QED) is 0.789. The second-order valence-electron chi connectivity index (χ2n) is 6.64. The van der Waals surface area contributed by atoms with Gasteiger partial charge in [-0.1, -0.05) is 45.0 Å². The molecule has 0 aliphatic heterocycles. The van der Waals surface area contributed by atoms with Crippen LogP contribution >= 0.6 is 0 Å². The van der Waals surface area contributed by atoms with Crippen LogP contribution in [0.15, 0.2) is 24.3 Å². The number of hydrogen-bond acceptors (Lipinski definition) is 2. The average Bonchev–Trinajstić information content (AvgIpc) is 2.52. The smallest absolute Gasteiger partial charge is 0.0720 e. The summed E-state index contributed by atoms with van der Waals surface area (Å²) in [4.78, 5) is 0. The third-order valence-electron chi connectivity index (χ3n) is 4.49. The first-order chi connectivity index (χ1) is 10.2. The first-order valence-electron chi connectivity index (χ1n) is 8.63. The molecule has 2 heteroatoms. The first-order valence-corrected chi connectivity index (χ1v) is 8.63. The molecule has 1 aromatic carbocycles. The first kappa shape index (κ1) is 16.5. The number of hydrogen-bond donors (Lipinski definition) is 1. The van der Waals surface area contributed by atoms with Gasteiger partial charge >= 0.3 is 0 Å². The molecule has 2 nitrogen and oxygen atoms in total. The van der Waals surface area contributed by atoms with Gasteiger partial charge in [0.05, 0.1) is 12.7 Å². The molecule has 1 aliphatic rings. The molecular formula is C19H31NO. The fourth-order valence-electron chi connectivity index (χ4n) is 2.99. The standard InChI is InChI=1S/C19H31NO/c1-4-13-20-18-9-11-19(12-10-18)21-14-16-5-7-17(8-6-16)15(2)3/h5-8,15,18-20H,4,9-14H2,1-3H3. The number of benzene rings is 1. The van der Waals surface area contributed by atoms with Gasteiger partial charge in [-0.05, 0) is 55.7 Å². The van der Waals surface area contributed by atoms with Gasteiger partial charge in [0.25, 0.3) is 0 Å². The fourth-order valence-corrected chi connectivity index (χ4v) is 2.99. The van der Waals surface area contributed by atoms with Gasteiger partial charge in [-0.15, -0.1) is 0 Å². The van der Waals surface area contributed by atoms with E-state index >= 15 is 0 Å². The second kappa shape index (κ2) is 8.55. The average molecular weight is 289 g/mol. The van der Waals surface area contributed by atoms with Gasteiger partial charge in [0.2, 0.25) is 0 Å². The monoisotopic (exact) mass is 289 g/mol. The van der Waals surface area contributed by atoms with Crippen molar-refractivity contribution in [2.24, 2.45) is 0 Å². The Morgan fingerprint density at radius 1 is 1.10 bits per heavy atom. The molecule has 1 saturated carbocycles. The minimum Gasteiger partial charge on any atom is -0.374 e. The fraction of sp³-hybridized carbons (Fsp3) is 0.684. The highest BCUT2D eigenvalue weighted by atomic mass is 16.5. The maximum absolute atomic E-state index is 6.09. The lowest BCUT2D eigenvalue weighted by atomic mass is 9.93. The molecule has 0 atom stereocenters. The number of ether oxygens (including phenoxy) is 1. The maximum Gasteiger partial charge on any atom is 0.0720 e. The zero-order valence-electron chi connectivity index (χ0n) is 13.9. The van der Waals surface area contributed by atoms with Crippen LogP contribution in [0, 0.1) is 0 Å². The largest absolute Gasteiger partial charge is 0.374 e. The molecule has 0 spiro atoms.